The standard InChI is InChI=1S/C13H19ClN2OS/c1-10(11-8-12(14)18-9-11)15-5-4-13(17)16-6-2-3-7-16/h8-10,15H,2-7H2,1H3. The van der Waals surface area contributed by atoms with E-state index in [2.05, 4.69) is 17.6 Å². The van der Waals surface area contributed by atoms with Crippen LogP contribution in [0.1, 0.15) is 37.8 Å². The van der Waals surface area contributed by atoms with Crippen LogP contribution in [0.2, 0.25) is 4.34 Å². The van der Waals surface area contributed by atoms with Gasteiger partial charge in [0.15, 0.2) is 0 Å². The molecule has 0 aromatic carbocycles. The maximum Gasteiger partial charge on any atom is 0.223 e. The highest BCUT2D eigenvalue weighted by molar-refractivity contribution is 7.14. The zero-order valence-corrected chi connectivity index (χ0v) is 12.2. The molecule has 1 amide bonds. The molecule has 1 N–H and O–H groups in total. The van der Waals surface area contributed by atoms with E-state index in [0.29, 0.717) is 6.42 Å². The molecule has 0 bridgehead atoms. The van der Waals surface area contributed by atoms with Gasteiger partial charge in [-0.25, -0.2) is 0 Å². The lowest BCUT2D eigenvalue weighted by Gasteiger charge is -2.17. The molecular weight excluding hydrogens is 268 g/mol. The number of thiophene rings is 1. The van der Waals surface area contributed by atoms with Crippen LogP contribution in [0.25, 0.3) is 0 Å². The molecule has 1 fully saturated rings. The van der Waals surface area contributed by atoms with Crippen molar-refractivity contribution in [3.8, 4) is 0 Å². The van der Waals surface area contributed by atoms with Crippen molar-refractivity contribution in [3.05, 3.63) is 21.3 Å². The second-order valence-electron chi connectivity index (χ2n) is 4.70. The van der Waals surface area contributed by atoms with Gasteiger partial charge >= 0.3 is 0 Å². The zero-order valence-electron chi connectivity index (χ0n) is 10.6. The maximum atomic E-state index is 11.8. The van der Waals surface area contributed by atoms with E-state index >= 15 is 0 Å². The van der Waals surface area contributed by atoms with Gasteiger partial charge < -0.3 is 10.2 Å². The summed E-state index contributed by atoms with van der Waals surface area (Å²) >= 11 is 7.45. The molecule has 1 aliphatic heterocycles. The zero-order chi connectivity index (χ0) is 13.0. The third-order valence-electron chi connectivity index (χ3n) is 3.34. The predicted octanol–water partition coefficient (Wildman–Crippen LogP) is 3.06. The molecule has 1 aromatic heterocycles. The van der Waals surface area contributed by atoms with E-state index in [-0.39, 0.29) is 11.9 Å². The van der Waals surface area contributed by atoms with E-state index in [1.54, 1.807) is 11.3 Å². The van der Waals surface area contributed by atoms with Gasteiger partial charge in [-0.2, -0.15) is 0 Å². The van der Waals surface area contributed by atoms with Crippen LogP contribution in [0.4, 0.5) is 0 Å². The molecule has 1 aromatic rings. The molecule has 1 aliphatic rings. The SMILES string of the molecule is CC(NCCC(=O)N1CCCC1)c1csc(Cl)c1. The molecule has 0 aliphatic carbocycles. The highest BCUT2D eigenvalue weighted by Crippen LogP contribution is 2.24. The van der Waals surface area contributed by atoms with Crippen molar-refractivity contribution in [3.63, 3.8) is 0 Å². The summed E-state index contributed by atoms with van der Waals surface area (Å²) in [5.41, 5.74) is 1.19. The van der Waals surface area contributed by atoms with E-state index in [0.717, 1.165) is 36.8 Å². The summed E-state index contributed by atoms with van der Waals surface area (Å²) in [5, 5.41) is 5.42. The Labute approximate surface area is 117 Å². The fourth-order valence-corrected chi connectivity index (χ4v) is 3.17. The number of hydrogen-bond acceptors (Lipinski definition) is 3. The number of nitrogens with one attached hydrogen (secondary N) is 1. The lowest BCUT2D eigenvalue weighted by molar-refractivity contribution is -0.130. The van der Waals surface area contributed by atoms with Crippen LogP contribution in [0.15, 0.2) is 11.4 Å². The summed E-state index contributed by atoms with van der Waals surface area (Å²) in [5.74, 6) is 0.274. The Hall–Kier alpha value is -0.580. The second kappa shape index (κ2) is 6.55. The van der Waals surface area contributed by atoms with Crippen molar-refractivity contribution >= 4 is 28.8 Å². The molecule has 2 heterocycles. The highest BCUT2D eigenvalue weighted by atomic mass is 35.5. The molecular formula is C13H19ClN2OS. The fraction of sp³-hybridized carbons (Fsp3) is 0.615. The largest absolute Gasteiger partial charge is 0.343 e. The third kappa shape index (κ3) is 3.70. The summed E-state index contributed by atoms with van der Waals surface area (Å²) in [6.45, 7) is 4.70. The van der Waals surface area contributed by atoms with Crippen molar-refractivity contribution in [1.29, 1.82) is 0 Å². The fourth-order valence-electron chi connectivity index (χ4n) is 2.19. The van der Waals surface area contributed by atoms with Crippen molar-refractivity contribution in [2.45, 2.75) is 32.2 Å². The summed E-state index contributed by atoms with van der Waals surface area (Å²) in [4.78, 5) is 13.8. The van der Waals surface area contributed by atoms with Gasteiger partial charge in [0, 0.05) is 32.1 Å². The molecule has 1 unspecified atom stereocenters. The van der Waals surface area contributed by atoms with E-state index < -0.39 is 0 Å². The number of carbonyl (C=O) groups is 1. The number of nitrogens with zero attached hydrogens (tertiary/aromatic N) is 1. The number of rotatable bonds is 5. The molecule has 0 spiro atoms. The van der Waals surface area contributed by atoms with Crippen molar-refractivity contribution < 1.29 is 4.79 Å². The second-order valence-corrected chi connectivity index (χ2v) is 6.24. The normalized spacial score (nSPS) is 17.1. The number of carbonyl (C=O) groups excluding carboxylic acids is 1. The Morgan fingerprint density at radius 2 is 2.28 bits per heavy atom. The first kappa shape index (κ1) is 13.8. The van der Waals surface area contributed by atoms with Crippen LogP contribution in [0, 0.1) is 0 Å². The van der Waals surface area contributed by atoms with Gasteiger partial charge in [0.1, 0.15) is 0 Å². The van der Waals surface area contributed by atoms with Gasteiger partial charge in [0.05, 0.1) is 4.34 Å². The molecule has 5 heteroatoms. The first-order chi connectivity index (χ1) is 8.66. The first-order valence-corrected chi connectivity index (χ1v) is 7.67. The first-order valence-electron chi connectivity index (χ1n) is 6.42. The monoisotopic (exact) mass is 286 g/mol. The van der Waals surface area contributed by atoms with E-state index in [9.17, 15) is 4.79 Å². The molecule has 18 heavy (non-hydrogen) atoms. The van der Waals surface area contributed by atoms with Crippen LogP contribution in [0.5, 0.6) is 0 Å². The topological polar surface area (TPSA) is 32.3 Å². The summed E-state index contributed by atoms with van der Waals surface area (Å²) in [6.07, 6.45) is 2.90. The third-order valence-corrected chi connectivity index (χ3v) is 4.45. The lowest BCUT2D eigenvalue weighted by Crippen LogP contribution is -2.31. The number of hydrogen-bond donors (Lipinski definition) is 1. The maximum absolute atomic E-state index is 11.8. The number of halogens is 1. The van der Waals surface area contributed by atoms with Crippen LogP contribution in [0.3, 0.4) is 0 Å². The summed E-state index contributed by atoms with van der Waals surface area (Å²) in [6, 6.07) is 2.23. The van der Waals surface area contributed by atoms with Crippen LogP contribution in [-0.4, -0.2) is 30.4 Å². The minimum atomic E-state index is 0.250. The molecule has 0 saturated carbocycles. The van der Waals surface area contributed by atoms with Gasteiger partial charge in [-0.15, -0.1) is 11.3 Å². The Morgan fingerprint density at radius 1 is 1.56 bits per heavy atom. The molecule has 2 rings (SSSR count). The van der Waals surface area contributed by atoms with E-state index in [4.69, 9.17) is 11.6 Å². The molecule has 0 radical (unpaired) electrons. The van der Waals surface area contributed by atoms with Gasteiger partial charge in [-0.05, 0) is 36.8 Å². The lowest BCUT2D eigenvalue weighted by atomic mass is 10.2. The van der Waals surface area contributed by atoms with Gasteiger partial charge in [-0.3, -0.25) is 4.79 Å². The van der Waals surface area contributed by atoms with Crippen LogP contribution < -0.4 is 5.32 Å². The molecule has 100 valence electrons. The summed E-state index contributed by atoms with van der Waals surface area (Å²) < 4.78 is 0.812. The Morgan fingerprint density at radius 3 is 2.89 bits per heavy atom. The van der Waals surface area contributed by atoms with Gasteiger partial charge in [0.25, 0.3) is 0 Å². The van der Waals surface area contributed by atoms with Crippen molar-refractivity contribution in [1.82, 2.24) is 10.2 Å². The number of amides is 1. The predicted molar refractivity (Wildman–Crippen MR) is 76.2 cm³/mol. The minimum absolute atomic E-state index is 0.250. The molecule has 3 nitrogen and oxygen atoms in total. The van der Waals surface area contributed by atoms with Gasteiger partial charge in [0.2, 0.25) is 5.91 Å². The van der Waals surface area contributed by atoms with E-state index in [1.165, 1.54) is 5.56 Å². The number of likely N-dealkylation sites (tertiary alicyclic amines) is 1. The Balaban J connectivity index is 1.70. The highest BCUT2D eigenvalue weighted by Gasteiger charge is 2.17. The smallest absolute Gasteiger partial charge is 0.223 e. The molecule has 1 saturated heterocycles. The summed E-state index contributed by atoms with van der Waals surface area (Å²) in [7, 11) is 0. The quantitative estimate of drug-likeness (QED) is 0.902. The average molecular weight is 287 g/mol. The average Bonchev–Trinajstić information content (AvgIpc) is 2.99. The van der Waals surface area contributed by atoms with Crippen LogP contribution in [-0.2, 0) is 4.79 Å². The van der Waals surface area contributed by atoms with Crippen LogP contribution >= 0.6 is 22.9 Å². The van der Waals surface area contributed by atoms with Crippen molar-refractivity contribution in [2.24, 2.45) is 0 Å². The van der Waals surface area contributed by atoms with Gasteiger partial charge in [-0.1, -0.05) is 11.6 Å². The molecule has 1 atom stereocenters. The minimum Gasteiger partial charge on any atom is -0.343 e. The Bertz CT molecular complexity index is 401. The van der Waals surface area contributed by atoms with Crippen molar-refractivity contribution in [2.75, 3.05) is 19.6 Å². The Kier molecular flexibility index (Phi) is 5.03. The van der Waals surface area contributed by atoms with E-state index in [1.807, 2.05) is 11.0 Å².